The molecule has 4 nitrogen and oxygen atoms in total. The zero-order valence-electron chi connectivity index (χ0n) is 10.4. The lowest BCUT2D eigenvalue weighted by atomic mass is 10.2. The average molecular weight is 262 g/mol. The van der Waals surface area contributed by atoms with Crippen LogP contribution < -0.4 is 0 Å². The van der Waals surface area contributed by atoms with E-state index in [1.807, 2.05) is 0 Å². The Hall–Kier alpha value is -1.88. The lowest BCUT2D eigenvalue weighted by Crippen LogP contribution is -2.08. The average Bonchev–Trinajstić information content (AvgIpc) is 2.99. The van der Waals surface area contributed by atoms with Gasteiger partial charge in [0, 0.05) is 23.7 Å². The number of aliphatic imine (C=N–C) groups is 1. The number of hydrogen-bond acceptors (Lipinski definition) is 3. The van der Waals surface area contributed by atoms with Gasteiger partial charge < -0.3 is 14.8 Å². The summed E-state index contributed by atoms with van der Waals surface area (Å²) in [5, 5.41) is 10.4. The molecule has 100 valence electrons. The fourth-order valence-electron chi connectivity index (χ4n) is 2.35. The second-order valence-corrected chi connectivity index (χ2v) is 4.71. The fraction of sp³-hybridized carbons (Fsp3) is 0.357. The predicted molar refractivity (Wildman–Crippen MR) is 71.4 cm³/mol. The number of H-pyrrole nitrogens is 1. The van der Waals surface area contributed by atoms with Crippen LogP contribution in [0.2, 0.25) is 0 Å². The van der Waals surface area contributed by atoms with Crippen LogP contribution in [0, 0.1) is 5.82 Å². The number of aromatic hydroxyl groups is 1. The maximum absolute atomic E-state index is 13.2. The highest BCUT2D eigenvalue weighted by molar-refractivity contribution is 6.01. The molecule has 1 atom stereocenters. The van der Waals surface area contributed by atoms with Crippen molar-refractivity contribution in [2.75, 3.05) is 13.2 Å². The zero-order chi connectivity index (χ0) is 13.2. The van der Waals surface area contributed by atoms with Crippen molar-refractivity contribution in [3.05, 3.63) is 29.6 Å². The van der Waals surface area contributed by atoms with Crippen LogP contribution in [0.1, 0.15) is 18.4 Å². The summed E-state index contributed by atoms with van der Waals surface area (Å²) in [5.41, 5.74) is 1.21. The number of aromatic nitrogens is 1. The maximum Gasteiger partial charge on any atom is 0.198 e. The summed E-state index contributed by atoms with van der Waals surface area (Å²) in [6.07, 6.45) is 3.84. The summed E-state index contributed by atoms with van der Waals surface area (Å²) in [6.45, 7) is 1.37. The minimum atomic E-state index is -0.333. The van der Waals surface area contributed by atoms with Gasteiger partial charge in [-0.1, -0.05) is 0 Å². The van der Waals surface area contributed by atoms with E-state index in [2.05, 4.69) is 9.98 Å². The second-order valence-electron chi connectivity index (χ2n) is 4.71. The van der Waals surface area contributed by atoms with Crippen molar-refractivity contribution < 1.29 is 14.2 Å². The van der Waals surface area contributed by atoms with Gasteiger partial charge in [-0.3, -0.25) is 4.99 Å². The lowest BCUT2D eigenvalue weighted by molar-refractivity contribution is 0.118. The van der Waals surface area contributed by atoms with Gasteiger partial charge in [0.15, 0.2) is 5.88 Å². The van der Waals surface area contributed by atoms with E-state index in [4.69, 9.17) is 4.74 Å². The summed E-state index contributed by atoms with van der Waals surface area (Å²) in [7, 11) is 0. The highest BCUT2D eigenvalue weighted by atomic mass is 19.1. The Morgan fingerprint density at radius 1 is 1.53 bits per heavy atom. The number of nitrogens with one attached hydrogen (secondary N) is 1. The molecule has 0 bridgehead atoms. The number of halogens is 1. The minimum Gasteiger partial charge on any atom is -0.494 e. The molecule has 5 heteroatoms. The molecule has 0 saturated carbocycles. The molecule has 1 aromatic heterocycles. The first kappa shape index (κ1) is 12.2. The van der Waals surface area contributed by atoms with Gasteiger partial charge in [-0.05, 0) is 31.0 Å². The first-order chi connectivity index (χ1) is 9.24. The van der Waals surface area contributed by atoms with E-state index in [1.165, 1.54) is 12.1 Å². The highest BCUT2D eigenvalue weighted by Crippen LogP contribution is 2.26. The smallest absolute Gasteiger partial charge is 0.198 e. The van der Waals surface area contributed by atoms with Crippen molar-refractivity contribution >= 4 is 17.1 Å². The van der Waals surface area contributed by atoms with Gasteiger partial charge in [0.05, 0.1) is 18.2 Å². The highest BCUT2D eigenvalue weighted by Gasteiger charge is 2.14. The van der Waals surface area contributed by atoms with Crippen LogP contribution >= 0.6 is 0 Å². The van der Waals surface area contributed by atoms with E-state index in [-0.39, 0.29) is 17.8 Å². The summed E-state index contributed by atoms with van der Waals surface area (Å²) in [4.78, 5) is 7.08. The van der Waals surface area contributed by atoms with Crippen LogP contribution in [0.15, 0.2) is 23.2 Å². The van der Waals surface area contributed by atoms with Crippen molar-refractivity contribution in [3.63, 3.8) is 0 Å². The standard InChI is InChI=1S/C14H15FN2O2/c15-9-3-4-13-11(6-9)12(14(18)17-13)8-16-7-10-2-1-5-19-10/h3-4,6,8,10,17-18H,1-2,5,7H2. The van der Waals surface area contributed by atoms with Crippen LogP contribution in [0.25, 0.3) is 10.9 Å². The Labute approximate surface area is 109 Å². The van der Waals surface area contributed by atoms with Crippen LogP contribution in [-0.2, 0) is 4.74 Å². The molecular formula is C14H15FN2O2. The molecule has 1 aliphatic rings. The van der Waals surface area contributed by atoms with Gasteiger partial charge in [0.25, 0.3) is 0 Å². The van der Waals surface area contributed by atoms with Gasteiger partial charge >= 0.3 is 0 Å². The monoisotopic (exact) mass is 262 g/mol. The molecule has 2 heterocycles. The number of fused-ring (bicyclic) bond motifs is 1. The van der Waals surface area contributed by atoms with Crippen molar-refractivity contribution in [3.8, 4) is 5.88 Å². The van der Waals surface area contributed by atoms with Gasteiger partial charge in [-0.15, -0.1) is 0 Å². The second kappa shape index (κ2) is 5.01. The molecule has 2 N–H and O–H groups in total. The van der Waals surface area contributed by atoms with Crippen molar-refractivity contribution in [1.29, 1.82) is 0 Å². The van der Waals surface area contributed by atoms with Gasteiger partial charge in [0.2, 0.25) is 0 Å². The molecule has 3 rings (SSSR count). The zero-order valence-corrected chi connectivity index (χ0v) is 10.4. The van der Waals surface area contributed by atoms with Crippen molar-refractivity contribution in [2.45, 2.75) is 18.9 Å². The molecular weight excluding hydrogens is 247 g/mol. The molecule has 1 fully saturated rings. The lowest BCUT2D eigenvalue weighted by Gasteiger charge is -2.03. The quantitative estimate of drug-likeness (QED) is 0.835. The van der Waals surface area contributed by atoms with Crippen molar-refractivity contribution in [2.24, 2.45) is 4.99 Å². The van der Waals surface area contributed by atoms with E-state index in [1.54, 1.807) is 12.3 Å². The fourth-order valence-corrected chi connectivity index (χ4v) is 2.35. The molecule has 1 aliphatic heterocycles. The molecule has 2 aromatic rings. The van der Waals surface area contributed by atoms with E-state index in [0.717, 1.165) is 19.4 Å². The van der Waals surface area contributed by atoms with E-state index >= 15 is 0 Å². The van der Waals surface area contributed by atoms with Gasteiger partial charge in [0.1, 0.15) is 5.82 Å². The number of benzene rings is 1. The number of nitrogens with zero attached hydrogens (tertiary/aromatic N) is 1. The van der Waals surface area contributed by atoms with Crippen LogP contribution in [-0.4, -0.2) is 35.6 Å². The molecule has 1 saturated heterocycles. The Bertz CT molecular complexity index is 615. The van der Waals surface area contributed by atoms with Crippen LogP contribution in [0.5, 0.6) is 5.88 Å². The third kappa shape index (κ3) is 2.46. The topological polar surface area (TPSA) is 57.6 Å². The van der Waals surface area contributed by atoms with E-state index in [0.29, 0.717) is 23.0 Å². The SMILES string of the molecule is Oc1[nH]c2ccc(F)cc2c1C=NCC1CCCO1. The van der Waals surface area contributed by atoms with Crippen LogP contribution in [0.4, 0.5) is 4.39 Å². The first-order valence-corrected chi connectivity index (χ1v) is 6.35. The van der Waals surface area contributed by atoms with Crippen molar-refractivity contribution in [1.82, 2.24) is 4.98 Å². The third-order valence-electron chi connectivity index (χ3n) is 3.33. The van der Waals surface area contributed by atoms with E-state index < -0.39 is 0 Å². The molecule has 1 unspecified atom stereocenters. The molecule has 19 heavy (non-hydrogen) atoms. The Morgan fingerprint density at radius 2 is 2.42 bits per heavy atom. The number of aromatic amines is 1. The number of hydrogen-bond donors (Lipinski definition) is 2. The number of rotatable bonds is 3. The summed E-state index contributed by atoms with van der Waals surface area (Å²) in [6, 6.07) is 4.34. The molecule has 0 amide bonds. The largest absolute Gasteiger partial charge is 0.494 e. The third-order valence-corrected chi connectivity index (χ3v) is 3.33. The van der Waals surface area contributed by atoms with Gasteiger partial charge in [-0.25, -0.2) is 4.39 Å². The maximum atomic E-state index is 13.2. The van der Waals surface area contributed by atoms with E-state index in [9.17, 15) is 9.50 Å². The van der Waals surface area contributed by atoms with Crippen LogP contribution in [0.3, 0.4) is 0 Å². The van der Waals surface area contributed by atoms with Gasteiger partial charge in [-0.2, -0.15) is 0 Å². The summed E-state index contributed by atoms with van der Waals surface area (Å²) >= 11 is 0. The molecule has 0 radical (unpaired) electrons. The summed E-state index contributed by atoms with van der Waals surface area (Å²) in [5.74, 6) is -0.322. The minimum absolute atomic E-state index is 0.0108. The normalized spacial score (nSPS) is 19.7. The predicted octanol–water partition coefficient (Wildman–Crippen LogP) is 2.61. The molecule has 1 aromatic carbocycles. The Balaban J connectivity index is 1.84. The molecule has 0 aliphatic carbocycles. The Kier molecular flexibility index (Phi) is 3.21. The molecule has 0 spiro atoms. The summed E-state index contributed by atoms with van der Waals surface area (Å²) < 4.78 is 18.7. The number of ether oxygens (including phenoxy) is 1. The first-order valence-electron chi connectivity index (χ1n) is 6.35. The Morgan fingerprint density at radius 3 is 3.21 bits per heavy atom.